The lowest BCUT2D eigenvalue weighted by Crippen LogP contribution is -2.00. The van der Waals surface area contributed by atoms with Crippen LogP contribution < -0.4 is 0 Å². The first-order chi connectivity index (χ1) is 25.8. The summed E-state index contributed by atoms with van der Waals surface area (Å²) in [6.45, 7) is 0. The van der Waals surface area contributed by atoms with Crippen molar-refractivity contribution >= 4 is 65.6 Å². The van der Waals surface area contributed by atoms with Gasteiger partial charge in [-0.15, -0.1) is 0 Å². The van der Waals surface area contributed by atoms with E-state index in [1.165, 1.54) is 0 Å². The SMILES string of the molecule is c1ccc(-c2nc(-c3ccc4nc(-c5ccccc5)c5ccc6oc7ccccc7c6c5c4c3)nc(-c3cccc4oc5ccccc5c34)n2)cc1. The summed E-state index contributed by atoms with van der Waals surface area (Å²) < 4.78 is 12.6. The molecule has 0 unspecified atom stereocenters. The zero-order valence-electron chi connectivity index (χ0n) is 27.6. The molecule has 0 radical (unpaired) electrons. The van der Waals surface area contributed by atoms with Crippen molar-refractivity contribution in [2.45, 2.75) is 0 Å². The maximum absolute atomic E-state index is 6.40. The van der Waals surface area contributed by atoms with Crippen LogP contribution in [0.15, 0.2) is 167 Å². The molecule has 4 aromatic heterocycles. The Labute approximate surface area is 296 Å². The molecule has 0 bridgehead atoms. The molecule has 0 saturated heterocycles. The molecule has 0 aliphatic carbocycles. The van der Waals surface area contributed by atoms with Gasteiger partial charge in [-0.05, 0) is 48.5 Å². The summed E-state index contributed by atoms with van der Waals surface area (Å²) in [6, 6.07) is 53.3. The Bertz CT molecular complexity index is 3180. The van der Waals surface area contributed by atoms with Crippen molar-refractivity contribution in [3.63, 3.8) is 0 Å². The third-order valence-corrected chi connectivity index (χ3v) is 9.91. The number of fused-ring (bicyclic) bond motifs is 10. The fraction of sp³-hybridized carbons (Fsp3) is 0. The number of aromatic nitrogens is 4. The lowest BCUT2D eigenvalue weighted by Gasteiger charge is -2.13. The van der Waals surface area contributed by atoms with E-state index >= 15 is 0 Å². The Morgan fingerprint density at radius 1 is 0.327 bits per heavy atom. The fourth-order valence-electron chi connectivity index (χ4n) is 7.57. The molecule has 52 heavy (non-hydrogen) atoms. The van der Waals surface area contributed by atoms with Gasteiger partial charge in [0.1, 0.15) is 22.3 Å². The molecule has 0 saturated carbocycles. The molecule has 7 aromatic carbocycles. The van der Waals surface area contributed by atoms with Crippen LogP contribution in [0.5, 0.6) is 0 Å². The molecular formula is C46H26N4O2. The Morgan fingerprint density at radius 2 is 0.923 bits per heavy atom. The van der Waals surface area contributed by atoms with Crippen molar-refractivity contribution < 1.29 is 8.83 Å². The fourth-order valence-corrected chi connectivity index (χ4v) is 7.57. The van der Waals surface area contributed by atoms with Crippen LogP contribution in [0.25, 0.3) is 111 Å². The van der Waals surface area contributed by atoms with Crippen LogP contribution in [-0.4, -0.2) is 19.9 Å². The van der Waals surface area contributed by atoms with Crippen molar-refractivity contribution in [2.75, 3.05) is 0 Å². The van der Waals surface area contributed by atoms with Gasteiger partial charge in [0.25, 0.3) is 0 Å². The number of nitrogens with zero attached hydrogens (tertiary/aromatic N) is 4. The molecule has 0 amide bonds. The van der Waals surface area contributed by atoms with Crippen LogP contribution >= 0.6 is 0 Å². The number of rotatable bonds is 4. The number of hydrogen-bond acceptors (Lipinski definition) is 6. The zero-order chi connectivity index (χ0) is 34.2. The summed E-state index contributed by atoms with van der Waals surface area (Å²) in [5, 5.41) is 7.25. The number of para-hydroxylation sites is 2. The maximum Gasteiger partial charge on any atom is 0.164 e. The molecule has 6 heteroatoms. The first kappa shape index (κ1) is 28.6. The molecule has 0 atom stereocenters. The van der Waals surface area contributed by atoms with Crippen molar-refractivity contribution in [1.29, 1.82) is 0 Å². The minimum atomic E-state index is 0.570. The van der Waals surface area contributed by atoms with E-state index in [4.69, 9.17) is 28.8 Å². The van der Waals surface area contributed by atoms with E-state index in [2.05, 4.69) is 78.9 Å². The second-order valence-corrected chi connectivity index (χ2v) is 13.0. The van der Waals surface area contributed by atoms with Crippen LogP contribution in [0.1, 0.15) is 0 Å². The summed E-state index contributed by atoms with van der Waals surface area (Å²) in [5.74, 6) is 1.74. The normalized spacial score (nSPS) is 11.8. The number of pyridine rings is 1. The standard InChI is InChI=1S/C46H26N4O2/c1-3-12-27(13-4-1)43-32-23-25-39-42(31-17-8-10-20-37(31)52-39)41(32)34-26-29(22-24-35(34)47-43)45-48-44(28-14-5-2-6-15-28)49-46(50-45)33-18-11-21-38-40(33)30-16-7-9-19-36(30)51-38/h1-26H. The lowest BCUT2D eigenvalue weighted by atomic mass is 9.95. The summed E-state index contributed by atoms with van der Waals surface area (Å²) in [4.78, 5) is 20.6. The third-order valence-electron chi connectivity index (χ3n) is 9.91. The van der Waals surface area contributed by atoms with Gasteiger partial charge in [0.05, 0.1) is 11.2 Å². The van der Waals surface area contributed by atoms with E-state index in [-0.39, 0.29) is 0 Å². The smallest absolute Gasteiger partial charge is 0.164 e. The van der Waals surface area contributed by atoms with Crippen molar-refractivity contribution in [1.82, 2.24) is 19.9 Å². The number of furan rings is 2. The second-order valence-electron chi connectivity index (χ2n) is 13.0. The summed E-state index contributed by atoms with van der Waals surface area (Å²) in [7, 11) is 0. The highest BCUT2D eigenvalue weighted by molar-refractivity contribution is 6.28. The van der Waals surface area contributed by atoms with Crippen LogP contribution in [0, 0.1) is 0 Å². The lowest BCUT2D eigenvalue weighted by molar-refractivity contribution is 0.668. The van der Waals surface area contributed by atoms with E-state index in [0.717, 1.165) is 93.5 Å². The quantitative estimate of drug-likeness (QED) is 0.174. The molecule has 11 aromatic rings. The summed E-state index contributed by atoms with van der Waals surface area (Å²) in [6.07, 6.45) is 0. The van der Waals surface area contributed by atoms with Crippen LogP contribution in [-0.2, 0) is 0 Å². The Morgan fingerprint density at radius 3 is 1.67 bits per heavy atom. The van der Waals surface area contributed by atoms with Gasteiger partial charge in [-0.3, -0.25) is 0 Å². The van der Waals surface area contributed by atoms with Gasteiger partial charge in [0, 0.05) is 60.0 Å². The third kappa shape index (κ3) is 4.38. The number of benzene rings is 7. The predicted molar refractivity (Wildman–Crippen MR) is 209 cm³/mol. The van der Waals surface area contributed by atoms with Crippen molar-refractivity contribution in [2.24, 2.45) is 0 Å². The predicted octanol–water partition coefficient (Wildman–Crippen LogP) is 12.0. The molecule has 6 nitrogen and oxygen atoms in total. The van der Waals surface area contributed by atoms with Gasteiger partial charge in [-0.1, -0.05) is 109 Å². The summed E-state index contributed by atoms with van der Waals surface area (Å²) >= 11 is 0. The molecule has 0 N–H and O–H groups in total. The largest absolute Gasteiger partial charge is 0.456 e. The Kier molecular flexibility index (Phi) is 6.15. The summed E-state index contributed by atoms with van der Waals surface area (Å²) in [5.41, 5.74) is 8.80. The number of hydrogen-bond donors (Lipinski definition) is 0. The van der Waals surface area contributed by atoms with E-state index < -0.39 is 0 Å². The van der Waals surface area contributed by atoms with Gasteiger partial charge in [-0.2, -0.15) is 0 Å². The van der Waals surface area contributed by atoms with Crippen molar-refractivity contribution in [3.05, 3.63) is 158 Å². The average molecular weight is 667 g/mol. The van der Waals surface area contributed by atoms with Gasteiger partial charge in [-0.25, -0.2) is 19.9 Å². The van der Waals surface area contributed by atoms with Gasteiger partial charge < -0.3 is 8.83 Å². The Hall–Kier alpha value is -7.18. The van der Waals surface area contributed by atoms with Crippen molar-refractivity contribution in [3.8, 4) is 45.4 Å². The molecule has 0 spiro atoms. The maximum atomic E-state index is 6.40. The molecule has 11 rings (SSSR count). The molecule has 242 valence electrons. The first-order valence-electron chi connectivity index (χ1n) is 17.2. The van der Waals surface area contributed by atoms with Crippen LogP contribution in [0.2, 0.25) is 0 Å². The molecule has 0 aliphatic rings. The topological polar surface area (TPSA) is 77.8 Å². The van der Waals surface area contributed by atoms with Crippen LogP contribution in [0.4, 0.5) is 0 Å². The molecule has 0 fully saturated rings. The van der Waals surface area contributed by atoms with Gasteiger partial charge in [0.2, 0.25) is 0 Å². The average Bonchev–Trinajstić information content (AvgIpc) is 3.79. The zero-order valence-corrected chi connectivity index (χ0v) is 27.6. The first-order valence-corrected chi connectivity index (χ1v) is 17.2. The van der Waals surface area contributed by atoms with Crippen LogP contribution in [0.3, 0.4) is 0 Å². The highest BCUT2D eigenvalue weighted by atomic mass is 16.3. The molecule has 0 aliphatic heterocycles. The second kappa shape index (κ2) is 11.2. The molecular weight excluding hydrogens is 641 g/mol. The molecule has 4 heterocycles. The minimum absolute atomic E-state index is 0.570. The monoisotopic (exact) mass is 666 g/mol. The van der Waals surface area contributed by atoms with Gasteiger partial charge in [0.15, 0.2) is 17.5 Å². The highest BCUT2D eigenvalue weighted by Crippen LogP contribution is 2.42. The van der Waals surface area contributed by atoms with E-state index in [1.54, 1.807) is 0 Å². The minimum Gasteiger partial charge on any atom is -0.456 e. The van der Waals surface area contributed by atoms with Gasteiger partial charge >= 0.3 is 0 Å². The van der Waals surface area contributed by atoms with E-state index in [0.29, 0.717) is 17.5 Å². The van der Waals surface area contributed by atoms with E-state index in [9.17, 15) is 0 Å². The Balaban J connectivity index is 1.21. The highest BCUT2D eigenvalue weighted by Gasteiger charge is 2.20. The van der Waals surface area contributed by atoms with E-state index in [1.807, 2.05) is 78.9 Å².